The number of nitrogens with zero attached hydrogens (tertiary/aromatic N) is 1. The molecule has 1 aromatic carbocycles. The number of nitrogens with one attached hydrogen (secondary N) is 2. The van der Waals surface area contributed by atoms with E-state index in [2.05, 4.69) is 10.6 Å². The lowest BCUT2D eigenvalue weighted by atomic mass is 9.92. The molecule has 0 fully saturated rings. The highest BCUT2D eigenvalue weighted by Crippen LogP contribution is 2.19. The average molecular weight is 275 g/mol. The molecule has 0 spiro atoms. The number of hydrogen-bond donors (Lipinski definition) is 2. The number of amides is 1. The zero-order valence-electron chi connectivity index (χ0n) is 12.2. The van der Waals surface area contributed by atoms with Crippen molar-refractivity contribution in [3.63, 3.8) is 0 Å². The van der Waals surface area contributed by atoms with Crippen molar-refractivity contribution in [2.45, 2.75) is 20.4 Å². The summed E-state index contributed by atoms with van der Waals surface area (Å²) in [5, 5.41) is 14.5. The molecule has 0 radical (unpaired) electrons. The fourth-order valence-corrected chi connectivity index (χ4v) is 1.83. The number of hydrogen-bond acceptors (Lipinski definition) is 4. The van der Waals surface area contributed by atoms with E-state index in [1.54, 1.807) is 7.05 Å². The molecule has 20 heavy (non-hydrogen) atoms. The van der Waals surface area contributed by atoms with Gasteiger partial charge in [-0.05, 0) is 19.9 Å². The summed E-state index contributed by atoms with van der Waals surface area (Å²) >= 11 is 0. The van der Waals surface area contributed by atoms with Crippen LogP contribution < -0.4 is 15.4 Å². The fourth-order valence-electron chi connectivity index (χ4n) is 1.83. The Labute approximate surface area is 119 Å². The van der Waals surface area contributed by atoms with Crippen LogP contribution >= 0.6 is 0 Å². The first-order chi connectivity index (χ1) is 9.51. The summed E-state index contributed by atoms with van der Waals surface area (Å²) in [4.78, 5) is 11.7. The zero-order chi connectivity index (χ0) is 15.0. The summed E-state index contributed by atoms with van der Waals surface area (Å²) in [6.07, 6.45) is 0. The van der Waals surface area contributed by atoms with E-state index < -0.39 is 5.41 Å². The van der Waals surface area contributed by atoms with E-state index in [9.17, 15) is 4.79 Å². The third-order valence-electron chi connectivity index (χ3n) is 2.99. The molecule has 108 valence electrons. The molecule has 1 amide bonds. The van der Waals surface area contributed by atoms with Crippen LogP contribution in [-0.4, -0.2) is 26.1 Å². The molecule has 0 aliphatic rings. The molecule has 0 bridgehead atoms. The third-order valence-corrected chi connectivity index (χ3v) is 2.99. The van der Waals surface area contributed by atoms with Gasteiger partial charge in [-0.2, -0.15) is 5.26 Å². The molecule has 0 saturated heterocycles. The first kappa shape index (κ1) is 16.0. The first-order valence-corrected chi connectivity index (χ1v) is 6.52. The van der Waals surface area contributed by atoms with E-state index in [0.29, 0.717) is 18.8 Å². The number of carbonyl (C=O) groups excluding carboxylic acids is 1. The number of benzene rings is 1. The molecule has 0 saturated carbocycles. The monoisotopic (exact) mass is 275 g/mol. The second kappa shape index (κ2) is 7.51. The van der Waals surface area contributed by atoms with Gasteiger partial charge in [-0.3, -0.25) is 4.79 Å². The highest BCUT2D eigenvalue weighted by Gasteiger charge is 2.25. The Morgan fingerprint density at radius 1 is 1.40 bits per heavy atom. The normalized spacial score (nSPS) is 10.7. The molecule has 0 aromatic heterocycles. The van der Waals surface area contributed by atoms with E-state index in [1.807, 2.05) is 44.2 Å². The predicted molar refractivity (Wildman–Crippen MR) is 77.1 cm³/mol. The molecule has 0 aliphatic heterocycles. The Balaban J connectivity index is 2.58. The van der Waals surface area contributed by atoms with Crippen LogP contribution in [0.1, 0.15) is 19.4 Å². The van der Waals surface area contributed by atoms with Gasteiger partial charge in [-0.25, -0.2) is 0 Å². The number of ether oxygens (including phenoxy) is 1. The highest BCUT2D eigenvalue weighted by atomic mass is 16.5. The van der Waals surface area contributed by atoms with Gasteiger partial charge in [0, 0.05) is 25.7 Å². The van der Waals surface area contributed by atoms with E-state index in [-0.39, 0.29) is 12.5 Å². The van der Waals surface area contributed by atoms with Crippen LogP contribution in [-0.2, 0) is 11.3 Å². The van der Waals surface area contributed by atoms with Crippen LogP contribution in [0.3, 0.4) is 0 Å². The van der Waals surface area contributed by atoms with Crippen LogP contribution in [0.4, 0.5) is 0 Å². The predicted octanol–water partition coefficient (Wildman–Crippen LogP) is 1.45. The highest BCUT2D eigenvalue weighted by molar-refractivity contribution is 5.81. The van der Waals surface area contributed by atoms with Gasteiger partial charge < -0.3 is 15.4 Å². The van der Waals surface area contributed by atoms with Crippen LogP contribution in [0.5, 0.6) is 5.75 Å². The Morgan fingerprint density at radius 2 is 2.10 bits per heavy atom. The van der Waals surface area contributed by atoms with E-state index >= 15 is 0 Å². The van der Waals surface area contributed by atoms with Gasteiger partial charge in [0.15, 0.2) is 6.61 Å². The summed E-state index contributed by atoms with van der Waals surface area (Å²) in [5.74, 6) is 0.693. The Hall–Kier alpha value is -2.06. The van der Waals surface area contributed by atoms with Crippen molar-refractivity contribution in [3.05, 3.63) is 29.8 Å². The molecule has 1 rings (SSSR count). The fraction of sp³-hybridized carbons (Fsp3) is 0.467. The Kier molecular flexibility index (Phi) is 6.01. The average Bonchev–Trinajstić information content (AvgIpc) is 2.45. The van der Waals surface area contributed by atoms with Crippen molar-refractivity contribution in [3.8, 4) is 11.8 Å². The van der Waals surface area contributed by atoms with Crippen molar-refractivity contribution >= 4 is 5.91 Å². The molecule has 2 N–H and O–H groups in total. The summed E-state index contributed by atoms with van der Waals surface area (Å²) < 4.78 is 5.36. The second-order valence-corrected chi connectivity index (χ2v) is 5.12. The first-order valence-electron chi connectivity index (χ1n) is 6.52. The van der Waals surface area contributed by atoms with E-state index in [4.69, 9.17) is 10.00 Å². The van der Waals surface area contributed by atoms with Crippen molar-refractivity contribution in [1.29, 1.82) is 5.26 Å². The van der Waals surface area contributed by atoms with Crippen molar-refractivity contribution in [1.82, 2.24) is 10.6 Å². The largest absolute Gasteiger partial charge is 0.478 e. The molecule has 5 nitrogen and oxygen atoms in total. The number of para-hydroxylation sites is 1. The zero-order valence-corrected chi connectivity index (χ0v) is 12.2. The second-order valence-electron chi connectivity index (χ2n) is 5.12. The van der Waals surface area contributed by atoms with Crippen LogP contribution in [0.25, 0.3) is 0 Å². The summed E-state index contributed by atoms with van der Waals surface area (Å²) in [6.45, 7) is 4.94. The molecular weight excluding hydrogens is 254 g/mol. The number of rotatable bonds is 7. The molecule has 0 heterocycles. The van der Waals surface area contributed by atoms with E-state index in [0.717, 1.165) is 5.56 Å². The van der Waals surface area contributed by atoms with Gasteiger partial charge in [-0.1, -0.05) is 18.2 Å². The molecule has 1 aromatic rings. The van der Waals surface area contributed by atoms with Crippen LogP contribution in [0, 0.1) is 16.7 Å². The Morgan fingerprint density at radius 3 is 2.75 bits per heavy atom. The van der Waals surface area contributed by atoms with Crippen molar-refractivity contribution in [2.24, 2.45) is 5.41 Å². The molecule has 0 atom stereocenters. The number of carbonyl (C=O) groups is 1. The quantitative estimate of drug-likeness (QED) is 0.790. The lowest BCUT2D eigenvalue weighted by Crippen LogP contribution is -2.41. The maximum Gasteiger partial charge on any atom is 0.226 e. The lowest BCUT2D eigenvalue weighted by molar-refractivity contribution is -0.128. The van der Waals surface area contributed by atoms with Gasteiger partial charge in [0.2, 0.25) is 5.91 Å². The minimum atomic E-state index is -0.475. The van der Waals surface area contributed by atoms with Crippen molar-refractivity contribution < 1.29 is 9.53 Å². The smallest absolute Gasteiger partial charge is 0.226 e. The van der Waals surface area contributed by atoms with Crippen LogP contribution in [0.2, 0.25) is 0 Å². The van der Waals surface area contributed by atoms with Gasteiger partial charge in [0.05, 0.1) is 5.41 Å². The van der Waals surface area contributed by atoms with Gasteiger partial charge in [0.25, 0.3) is 0 Å². The molecule has 0 unspecified atom stereocenters. The van der Waals surface area contributed by atoms with Crippen LogP contribution in [0.15, 0.2) is 24.3 Å². The summed E-state index contributed by atoms with van der Waals surface area (Å²) in [5.41, 5.74) is 0.493. The van der Waals surface area contributed by atoms with Gasteiger partial charge in [-0.15, -0.1) is 0 Å². The minimum absolute atomic E-state index is 0.000911. The lowest BCUT2D eigenvalue weighted by Gasteiger charge is -2.23. The molecule has 0 aliphatic carbocycles. The summed E-state index contributed by atoms with van der Waals surface area (Å²) in [6, 6.07) is 9.50. The SMILES string of the molecule is CNC(=O)C(C)(C)CNCc1ccccc1OCC#N. The summed E-state index contributed by atoms with van der Waals surface area (Å²) in [7, 11) is 1.63. The van der Waals surface area contributed by atoms with Gasteiger partial charge in [0.1, 0.15) is 11.8 Å². The minimum Gasteiger partial charge on any atom is -0.478 e. The standard InChI is InChI=1S/C15H21N3O2/c1-15(2,14(19)17-3)11-18-10-12-6-4-5-7-13(12)20-9-8-16/h4-7,18H,9-11H2,1-3H3,(H,17,19). The van der Waals surface area contributed by atoms with Gasteiger partial charge >= 0.3 is 0 Å². The van der Waals surface area contributed by atoms with E-state index in [1.165, 1.54) is 0 Å². The maximum atomic E-state index is 11.7. The molecular formula is C15H21N3O2. The maximum absolute atomic E-state index is 11.7. The molecule has 5 heteroatoms. The Bertz CT molecular complexity index is 492. The third kappa shape index (κ3) is 4.56. The topological polar surface area (TPSA) is 74.2 Å². The van der Waals surface area contributed by atoms with Crippen molar-refractivity contribution in [2.75, 3.05) is 20.2 Å². The number of nitriles is 1.